The molecule has 0 saturated heterocycles. The molecule has 6 nitrogen and oxygen atoms in total. The average Bonchev–Trinajstić information content (AvgIpc) is 3.74. The van der Waals surface area contributed by atoms with Crippen LogP contribution in [0.25, 0.3) is 94.7 Å². The molecule has 0 bridgehead atoms. The van der Waals surface area contributed by atoms with Crippen molar-refractivity contribution in [3.63, 3.8) is 0 Å². The fourth-order valence-electron chi connectivity index (χ4n) is 7.01. The van der Waals surface area contributed by atoms with Gasteiger partial charge in [0.25, 0.3) is 0 Å². The van der Waals surface area contributed by atoms with Crippen LogP contribution in [0.3, 0.4) is 0 Å². The zero-order chi connectivity index (χ0) is 33.0. The molecule has 234 valence electrons. The number of nitrogens with zero attached hydrogens (tertiary/aromatic N) is 5. The fourth-order valence-corrected chi connectivity index (χ4v) is 7.01. The maximum Gasteiger partial charge on any atom is 0.238 e. The molecule has 0 fully saturated rings. The lowest BCUT2D eigenvalue weighted by atomic mass is 9.99. The van der Waals surface area contributed by atoms with Crippen LogP contribution in [0.15, 0.2) is 168 Å². The van der Waals surface area contributed by atoms with Crippen LogP contribution in [0.1, 0.15) is 0 Å². The Morgan fingerprint density at radius 3 is 1.92 bits per heavy atom. The molecule has 0 radical (unpaired) electrons. The summed E-state index contributed by atoms with van der Waals surface area (Å²) < 4.78 is 8.36. The number of aromatic nitrogens is 5. The molecule has 10 aromatic rings. The maximum absolute atomic E-state index is 6.21. The second-order valence-electron chi connectivity index (χ2n) is 12.3. The van der Waals surface area contributed by atoms with Gasteiger partial charge in [-0.05, 0) is 52.6 Å². The van der Waals surface area contributed by atoms with Gasteiger partial charge in [0.1, 0.15) is 11.2 Å². The smallest absolute Gasteiger partial charge is 0.238 e. The van der Waals surface area contributed by atoms with Gasteiger partial charge in [-0.3, -0.25) is 9.55 Å². The number of fused-ring (bicyclic) bond motifs is 6. The van der Waals surface area contributed by atoms with Crippen molar-refractivity contribution >= 4 is 43.7 Å². The molecule has 0 spiro atoms. The molecular weight excluding hydrogens is 615 g/mol. The first-order valence-corrected chi connectivity index (χ1v) is 16.5. The summed E-state index contributed by atoms with van der Waals surface area (Å²) in [5.41, 5.74) is 10.0. The normalized spacial score (nSPS) is 11.6. The summed E-state index contributed by atoms with van der Waals surface area (Å²) >= 11 is 0. The third-order valence-corrected chi connectivity index (χ3v) is 9.39. The minimum atomic E-state index is 0.544. The number of furan rings is 1. The number of hydrogen-bond acceptors (Lipinski definition) is 5. The molecule has 10 rings (SSSR count). The van der Waals surface area contributed by atoms with Gasteiger partial charge < -0.3 is 4.42 Å². The highest BCUT2D eigenvalue weighted by atomic mass is 16.3. The van der Waals surface area contributed by atoms with Crippen LogP contribution in [0.5, 0.6) is 0 Å². The van der Waals surface area contributed by atoms with Crippen LogP contribution >= 0.6 is 0 Å². The van der Waals surface area contributed by atoms with Crippen molar-refractivity contribution in [2.75, 3.05) is 0 Å². The summed E-state index contributed by atoms with van der Waals surface area (Å²) in [7, 11) is 0. The summed E-state index contributed by atoms with van der Waals surface area (Å²) in [5, 5.41) is 4.10. The molecule has 0 aliphatic heterocycles. The third-order valence-electron chi connectivity index (χ3n) is 9.39. The lowest BCUT2D eigenvalue weighted by molar-refractivity contribution is 0.668. The highest BCUT2D eigenvalue weighted by Gasteiger charge is 2.20. The molecule has 4 heterocycles. The Hall–Kier alpha value is -6.92. The highest BCUT2D eigenvalue weighted by molar-refractivity contribution is 6.12. The highest BCUT2D eigenvalue weighted by Crippen LogP contribution is 2.38. The van der Waals surface area contributed by atoms with Crippen molar-refractivity contribution in [3.8, 4) is 51.0 Å². The van der Waals surface area contributed by atoms with Gasteiger partial charge in [0.05, 0.1) is 11.0 Å². The zero-order valence-electron chi connectivity index (χ0n) is 26.7. The Kier molecular flexibility index (Phi) is 6.39. The average molecular weight is 642 g/mol. The molecule has 50 heavy (non-hydrogen) atoms. The topological polar surface area (TPSA) is 69.6 Å². The van der Waals surface area contributed by atoms with Gasteiger partial charge in [0.15, 0.2) is 11.6 Å². The SMILES string of the molecule is c1ccc(-c2ccc(-c3ccc4c(c3)c3ccccc3n4-c3nc(-c4ccccc4)nc(-c4cccc5oc6ccncc6c45)n3)cc2)cc1. The van der Waals surface area contributed by atoms with E-state index in [0.717, 1.165) is 66.0 Å². The Bertz CT molecular complexity index is 2860. The molecule has 0 atom stereocenters. The van der Waals surface area contributed by atoms with Crippen LogP contribution in [-0.4, -0.2) is 24.5 Å². The summed E-state index contributed by atoms with van der Waals surface area (Å²) in [6.45, 7) is 0. The van der Waals surface area contributed by atoms with E-state index < -0.39 is 0 Å². The van der Waals surface area contributed by atoms with Gasteiger partial charge in [-0.1, -0.05) is 121 Å². The first kappa shape index (κ1) is 28.1. The molecule has 0 saturated carbocycles. The summed E-state index contributed by atoms with van der Waals surface area (Å²) in [6.07, 6.45) is 3.58. The minimum absolute atomic E-state index is 0.544. The quantitative estimate of drug-likeness (QED) is 0.187. The number of hydrogen-bond donors (Lipinski definition) is 0. The second-order valence-corrected chi connectivity index (χ2v) is 12.3. The van der Waals surface area contributed by atoms with Crippen LogP contribution < -0.4 is 0 Å². The van der Waals surface area contributed by atoms with E-state index in [0.29, 0.717) is 17.6 Å². The molecule has 0 amide bonds. The minimum Gasteiger partial charge on any atom is -0.456 e. The van der Waals surface area contributed by atoms with E-state index in [1.807, 2.05) is 66.9 Å². The van der Waals surface area contributed by atoms with Crippen LogP contribution in [0.2, 0.25) is 0 Å². The number of pyridine rings is 1. The van der Waals surface area contributed by atoms with E-state index in [9.17, 15) is 0 Å². The lowest BCUT2D eigenvalue weighted by Gasteiger charge is -2.11. The van der Waals surface area contributed by atoms with Crippen molar-refractivity contribution in [3.05, 3.63) is 164 Å². The Morgan fingerprint density at radius 1 is 0.440 bits per heavy atom. The van der Waals surface area contributed by atoms with Crippen molar-refractivity contribution < 1.29 is 4.42 Å². The second kappa shape index (κ2) is 11.4. The Morgan fingerprint density at radius 2 is 1.10 bits per heavy atom. The lowest BCUT2D eigenvalue weighted by Crippen LogP contribution is -2.06. The molecule has 0 aliphatic carbocycles. The number of benzene rings is 6. The Labute approximate surface area is 287 Å². The van der Waals surface area contributed by atoms with Crippen molar-refractivity contribution in [2.45, 2.75) is 0 Å². The Balaban J connectivity index is 1.18. The van der Waals surface area contributed by atoms with E-state index in [-0.39, 0.29) is 0 Å². The zero-order valence-corrected chi connectivity index (χ0v) is 26.7. The molecule has 0 N–H and O–H groups in total. The van der Waals surface area contributed by atoms with Gasteiger partial charge in [-0.15, -0.1) is 0 Å². The maximum atomic E-state index is 6.21. The van der Waals surface area contributed by atoms with Crippen LogP contribution in [0.4, 0.5) is 0 Å². The fraction of sp³-hybridized carbons (Fsp3) is 0. The van der Waals surface area contributed by atoms with E-state index in [1.54, 1.807) is 6.20 Å². The summed E-state index contributed by atoms with van der Waals surface area (Å²) in [5.74, 6) is 1.70. The molecule has 0 unspecified atom stereocenters. The van der Waals surface area contributed by atoms with Gasteiger partial charge >= 0.3 is 0 Å². The van der Waals surface area contributed by atoms with Gasteiger partial charge in [-0.2, -0.15) is 9.97 Å². The van der Waals surface area contributed by atoms with Gasteiger partial charge in [0.2, 0.25) is 5.95 Å². The predicted molar refractivity (Wildman–Crippen MR) is 201 cm³/mol. The molecule has 6 heteroatoms. The predicted octanol–water partition coefficient (Wildman–Crippen LogP) is 10.9. The van der Waals surface area contributed by atoms with E-state index in [1.165, 1.54) is 11.1 Å². The van der Waals surface area contributed by atoms with Crippen molar-refractivity contribution in [1.29, 1.82) is 0 Å². The monoisotopic (exact) mass is 641 g/mol. The number of rotatable bonds is 5. The number of para-hydroxylation sites is 1. The van der Waals surface area contributed by atoms with Gasteiger partial charge in [0, 0.05) is 45.1 Å². The largest absolute Gasteiger partial charge is 0.456 e. The van der Waals surface area contributed by atoms with E-state index in [4.69, 9.17) is 19.4 Å². The molecule has 0 aliphatic rings. The van der Waals surface area contributed by atoms with Gasteiger partial charge in [-0.25, -0.2) is 4.98 Å². The molecular formula is C44H27N5O. The summed E-state index contributed by atoms with van der Waals surface area (Å²) in [4.78, 5) is 19.8. The van der Waals surface area contributed by atoms with Crippen LogP contribution in [0, 0.1) is 0 Å². The summed E-state index contributed by atoms with van der Waals surface area (Å²) in [6, 6.07) is 52.3. The molecule has 6 aromatic carbocycles. The van der Waals surface area contributed by atoms with E-state index >= 15 is 0 Å². The van der Waals surface area contributed by atoms with E-state index in [2.05, 4.69) is 101 Å². The standard InChI is InChI=1S/C44H27N5O/c1-3-10-28(11-4-1)29-18-20-30(21-19-29)32-22-23-38-35(26-32)33-14-7-8-16-37(33)49(38)44-47-42(31-12-5-2-6-13-31)46-43(48-44)34-15-9-17-40-41(34)36-27-45-25-24-39(36)50-40/h1-27H. The van der Waals surface area contributed by atoms with Crippen molar-refractivity contribution in [2.24, 2.45) is 0 Å². The third kappa shape index (κ3) is 4.58. The van der Waals surface area contributed by atoms with Crippen molar-refractivity contribution in [1.82, 2.24) is 24.5 Å². The first-order valence-electron chi connectivity index (χ1n) is 16.5. The first-order chi connectivity index (χ1) is 24.8. The van der Waals surface area contributed by atoms with Crippen LogP contribution in [-0.2, 0) is 0 Å². The molecule has 4 aromatic heterocycles.